The molecule has 0 unspecified atom stereocenters. The van der Waals surface area contributed by atoms with Crippen molar-refractivity contribution >= 4 is 34.5 Å². The molecule has 0 heterocycles. The average Bonchev–Trinajstić information content (AvgIpc) is 2.25. The van der Waals surface area contributed by atoms with Crippen LogP contribution >= 0.6 is 23.8 Å². The fraction of sp³-hybridized carbons (Fsp3) is 0.417. The fourth-order valence-electron chi connectivity index (χ4n) is 1.51. The van der Waals surface area contributed by atoms with Crippen molar-refractivity contribution in [1.82, 2.24) is 4.90 Å². The molecule has 5 heteroatoms. The minimum absolute atomic E-state index is 0.374. The standard InChI is InChI=1S/C12H18ClN3S/c1-15(2)6-7-16(3)11-5-4-9(13)8-10(11)12(14)17/h4-5,8H,6-7H2,1-3H3,(H2,14,17). The van der Waals surface area contributed by atoms with Gasteiger partial charge in [0.25, 0.3) is 0 Å². The summed E-state index contributed by atoms with van der Waals surface area (Å²) >= 11 is 11.0. The molecule has 2 N–H and O–H groups in total. The van der Waals surface area contributed by atoms with Crippen LogP contribution in [0.15, 0.2) is 18.2 Å². The van der Waals surface area contributed by atoms with E-state index in [2.05, 4.69) is 9.80 Å². The molecule has 94 valence electrons. The number of halogens is 1. The summed E-state index contributed by atoms with van der Waals surface area (Å²) in [4.78, 5) is 4.64. The van der Waals surface area contributed by atoms with E-state index in [1.54, 1.807) is 0 Å². The fourth-order valence-corrected chi connectivity index (χ4v) is 1.84. The summed E-state index contributed by atoms with van der Waals surface area (Å²) in [6.45, 7) is 1.88. The highest BCUT2D eigenvalue weighted by molar-refractivity contribution is 7.80. The molecule has 0 radical (unpaired) electrons. The van der Waals surface area contributed by atoms with Crippen LogP contribution < -0.4 is 10.6 Å². The molecule has 0 saturated heterocycles. The maximum absolute atomic E-state index is 5.95. The van der Waals surface area contributed by atoms with Crippen molar-refractivity contribution in [3.63, 3.8) is 0 Å². The van der Waals surface area contributed by atoms with Gasteiger partial charge in [0.1, 0.15) is 4.99 Å². The third kappa shape index (κ3) is 4.15. The van der Waals surface area contributed by atoms with Crippen molar-refractivity contribution in [2.75, 3.05) is 39.1 Å². The third-order valence-electron chi connectivity index (χ3n) is 2.52. The van der Waals surface area contributed by atoms with Crippen molar-refractivity contribution in [2.24, 2.45) is 5.73 Å². The number of hydrogen-bond donors (Lipinski definition) is 1. The van der Waals surface area contributed by atoms with Crippen molar-refractivity contribution in [2.45, 2.75) is 0 Å². The molecule has 17 heavy (non-hydrogen) atoms. The van der Waals surface area contributed by atoms with Gasteiger partial charge < -0.3 is 15.5 Å². The molecule has 0 aliphatic heterocycles. The molecule has 0 fully saturated rings. The molecule has 0 bridgehead atoms. The lowest BCUT2D eigenvalue weighted by Gasteiger charge is -2.24. The van der Waals surface area contributed by atoms with Crippen LogP contribution in [0.4, 0.5) is 5.69 Å². The molecule has 0 aromatic heterocycles. The van der Waals surface area contributed by atoms with Gasteiger partial charge in [-0.25, -0.2) is 0 Å². The Kier molecular flexibility index (Phi) is 5.18. The van der Waals surface area contributed by atoms with Gasteiger partial charge in [0, 0.05) is 36.4 Å². The van der Waals surface area contributed by atoms with E-state index in [4.69, 9.17) is 29.6 Å². The Morgan fingerprint density at radius 1 is 1.29 bits per heavy atom. The molecule has 3 nitrogen and oxygen atoms in total. The smallest absolute Gasteiger partial charge is 0.106 e. The summed E-state index contributed by atoms with van der Waals surface area (Å²) in [6, 6.07) is 5.61. The maximum atomic E-state index is 5.95. The second-order valence-corrected chi connectivity index (χ2v) is 5.13. The second-order valence-electron chi connectivity index (χ2n) is 4.25. The van der Waals surface area contributed by atoms with Gasteiger partial charge in [-0.2, -0.15) is 0 Å². The Morgan fingerprint density at radius 3 is 2.47 bits per heavy atom. The zero-order chi connectivity index (χ0) is 13.0. The Hall–Kier alpha value is -0.840. The first-order chi connectivity index (χ1) is 7.91. The van der Waals surface area contributed by atoms with Crippen molar-refractivity contribution in [1.29, 1.82) is 0 Å². The predicted molar refractivity (Wildman–Crippen MR) is 79.2 cm³/mol. The summed E-state index contributed by atoms with van der Waals surface area (Å²) in [5.74, 6) is 0. The van der Waals surface area contributed by atoms with E-state index < -0.39 is 0 Å². The van der Waals surface area contributed by atoms with Gasteiger partial charge in [-0.15, -0.1) is 0 Å². The monoisotopic (exact) mass is 271 g/mol. The minimum Gasteiger partial charge on any atom is -0.389 e. The van der Waals surface area contributed by atoms with Crippen LogP contribution in [-0.4, -0.2) is 44.1 Å². The summed E-state index contributed by atoms with van der Waals surface area (Å²) < 4.78 is 0. The topological polar surface area (TPSA) is 32.5 Å². The summed E-state index contributed by atoms with van der Waals surface area (Å²) in [6.07, 6.45) is 0. The van der Waals surface area contributed by atoms with E-state index in [9.17, 15) is 0 Å². The van der Waals surface area contributed by atoms with Crippen molar-refractivity contribution in [3.8, 4) is 0 Å². The van der Waals surface area contributed by atoms with Crippen LogP contribution in [0.1, 0.15) is 5.56 Å². The van der Waals surface area contributed by atoms with E-state index in [-0.39, 0.29) is 0 Å². The third-order valence-corrected chi connectivity index (χ3v) is 2.97. The lowest BCUT2D eigenvalue weighted by Crippen LogP contribution is -2.30. The van der Waals surface area contributed by atoms with Gasteiger partial charge in [-0.3, -0.25) is 0 Å². The van der Waals surface area contributed by atoms with Crippen LogP contribution in [0.2, 0.25) is 5.02 Å². The lowest BCUT2D eigenvalue weighted by atomic mass is 10.1. The lowest BCUT2D eigenvalue weighted by molar-refractivity contribution is 0.416. The zero-order valence-corrected chi connectivity index (χ0v) is 12.0. The quantitative estimate of drug-likeness (QED) is 0.830. The molecule has 1 aromatic carbocycles. The van der Waals surface area contributed by atoms with Gasteiger partial charge in [-0.05, 0) is 32.3 Å². The number of benzene rings is 1. The van der Waals surface area contributed by atoms with Crippen molar-refractivity contribution < 1.29 is 0 Å². The van der Waals surface area contributed by atoms with Gasteiger partial charge >= 0.3 is 0 Å². The molecule has 0 spiro atoms. The first-order valence-electron chi connectivity index (χ1n) is 5.37. The van der Waals surface area contributed by atoms with E-state index in [1.807, 2.05) is 39.3 Å². The number of hydrogen-bond acceptors (Lipinski definition) is 3. The Balaban J connectivity index is 2.92. The van der Waals surface area contributed by atoms with Gasteiger partial charge in [0.15, 0.2) is 0 Å². The summed E-state index contributed by atoms with van der Waals surface area (Å²) in [5.41, 5.74) is 7.56. The van der Waals surface area contributed by atoms with Crippen LogP contribution in [0.25, 0.3) is 0 Å². The van der Waals surface area contributed by atoms with Crippen LogP contribution in [0.5, 0.6) is 0 Å². The molecule has 0 saturated carbocycles. The summed E-state index contributed by atoms with van der Waals surface area (Å²) in [5, 5.41) is 0.651. The number of anilines is 1. The number of thiocarbonyl (C=S) groups is 1. The minimum atomic E-state index is 0.374. The Morgan fingerprint density at radius 2 is 1.94 bits per heavy atom. The molecular formula is C12H18ClN3S. The number of likely N-dealkylation sites (N-methyl/N-ethyl adjacent to an activating group) is 2. The molecule has 0 aliphatic carbocycles. The molecule has 0 amide bonds. The van der Waals surface area contributed by atoms with Crippen molar-refractivity contribution in [3.05, 3.63) is 28.8 Å². The van der Waals surface area contributed by atoms with Gasteiger partial charge in [0.2, 0.25) is 0 Å². The first-order valence-corrected chi connectivity index (χ1v) is 6.15. The average molecular weight is 272 g/mol. The normalized spacial score (nSPS) is 10.6. The van der Waals surface area contributed by atoms with Gasteiger partial charge in [-0.1, -0.05) is 23.8 Å². The predicted octanol–water partition coefficient (Wildman–Crippen LogP) is 1.97. The van der Waals surface area contributed by atoms with E-state index in [0.717, 1.165) is 24.3 Å². The maximum Gasteiger partial charge on any atom is 0.106 e. The number of nitrogens with zero attached hydrogens (tertiary/aromatic N) is 2. The molecule has 0 atom stereocenters. The first kappa shape index (κ1) is 14.2. The van der Waals surface area contributed by atoms with Gasteiger partial charge in [0.05, 0.1) is 0 Å². The van der Waals surface area contributed by atoms with E-state index in [0.29, 0.717) is 10.0 Å². The highest BCUT2D eigenvalue weighted by Crippen LogP contribution is 2.23. The highest BCUT2D eigenvalue weighted by atomic mass is 35.5. The molecular weight excluding hydrogens is 254 g/mol. The van der Waals surface area contributed by atoms with Crippen LogP contribution in [0, 0.1) is 0 Å². The second kappa shape index (κ2) is 6.19. The zero-order valence-electron chi connectivity index (χ0n) is 10.4. The Bertz CT molecular complexity index is 407. The highest BCUT2D eigenvalue weighted by Gasteiger charge is 2.10. The number of nitrogens with two attached hydrogens (primary N) is 1. The SMILES string of the molecule is CN(C)CCN(C)c1ccc(Cl)cc1C(N)=S. The molecule has 0 aliphatic rings. The number of rotatable bonds is 5. The molecule has 1 aromatic rings. The van der Waals surface area contributed by atoms with Crippen LogP contribution in [0.3, 0.4) is 0 Å². The van der Waals surface area contributed by atoms with E-state index >= 15 is 0 Å². The van der Waals surface area contributed by atoms with Crippen LogP contribution in [-0.2, 0) is 0 Å². The Labute approximate surface area is 113 Å². The van der Waals surface area contributed by atoms with E-state index in [1.165, 1.54) is 0 Å². The largest absolute Gasteiger partial charge is 0.389 e. The molecule has 1 rings (SSSR count). The summed E-state index contributed by atoms with van der Waals surface area (Å²) in [7, 11) is 6.11.